The summed E-state index contributed by atoms with van der Waals surface area (Å²) in [7, 11) is 3.17. The van der Waals surface area contributed by atoms with Crippen molar-refractivity contribution in [3.8, 4) is 11.5 Å². The van der Waals surface area contributed by atoms with E-state index in [1.54, 1.807) is 26.4 Å². The lowest BCUT2D eigenvalue weighted by Gasteiger charge is -2.14. The Labute approximate surface area is 113 Å². The zero-order chi connectivity index (χ0) is 13.9. The van der Waals surface area contributed by atoms with Crippen LogP contribution in [-0.2, 0) is 9.57 Å². The average Bonchev–Trinajstić information content (AvgIpc) is 2.45. The highest BCUT2D eigenvalue weighted by Gasteiger charge is 2.07. The van der Waals surface area contributed by atoms with E-state index >= 15 is 0 Å². The number of methoxy groups -OCH3 is 2. The monoisotopic (exact) mass is 271 g/mol. The van der Waals surface area contributed by atoms with Crippen molar-refractivity contribution in [3.05, 3.63) is 24.3 Å². The fourth-order valence-electron chi connectivity index (χ4n) is 1.34. The highest BCUT2D eigenvalue weighted by atomic mass is 16.7. The number of aliphatic hydroxyl groups excluding tert-OH is 1. The Morgan fingerprint density at radius 1 is 1.16 bits per heavy atom. The highest BCUT2D eigenvalue weighted by molar-refractivity contribution is 5.39. The lowest BCUT2D eigenvalue weighted by molar-refractivity contribution is -0.0174. The molecule has 0 aliphatic carbocycles. The number of aliphatic hydroxyl groups is 1. The predicted molar refractivity (Wildman–Crippen MR) is 70.3 cm³/mol. The lowest BCUT2D eigenvalue weighted by atomic mass is 10.3. The second-order valence-electron chi connectivity index (χ2n) is 3.81. The number of nitrogens with one attached hydrogen (secondary N) is 1. The van der Waals surface area contributed by atoms with Crippen molar-refractivity contribution in [2.75, 3.05) is 40.6 Å². The van der Waals surface area contributed by atoms with Crippen molar-refractivity contribution in [3.63, 3.8) is 0 Å². The molecular weight excluding hydrogens is 250 g/mol. The second-order valence-corrected chi connectivity index (χ2v) is 3.81. The third-order valence-corrected chi connectivity index (χ3v) is 2.31. The van der Waals surface area contributed by atoms with Crippen LogP contribution in [0.25, 0.3) is 0 Å². The molecule has 1 unspecified atom stereocenters. The molecule has 19 heavy (non-hydrogen) atoms. The average molecular weight is 271 g/mol. The van der Waals surface area contributed by atoms with Gasteiger partial charge >= 0.3 is 0 Å². The molecule has 0 aliphatic heterocycles. The van der Waals surface area contributed by atoms with Crippen molar-refractivity contribution in [1.82, 2.24) is 5.48 Å². The summed E-state index contributed by atoms with van der Waals surface area (Å²) in [6.07, 6.45) is -0.674. The minimum absolute atomic E-state index is 0.154. The summed E-state index contributed by atoms with van der Waals surface area (Å²) in [4.78, 5) is 5.03. The van der Waals surface area contributed by atoms with E-state index in [4.69, 9.17) is 19.0 Å². The Kier molecular flexibility index (Phi) is 7.92. The summed E-state index contributed by atoms with van der Waals surface area (Å²) in [6.45, 7) is 1.36. The highest BCUT2D eigenvalue weighted by Crippen LogP contribution is 2.25. The smallest absolute Gasteiger partial charge is 0.161 e. The molecule has 2 N–H and O–H groups in total. The van der Waals surface area contributed by atoms with Crippen molar-refractivity contribution in [2.24, 2.45) is 0 Å². The maximum absolute atomic E-state index is 9.69. The van der Waals surface area contributed by atoms with Gasteiger partial charge in [-0.15, -0.1) is 0 Å². The van der Waals surface area contributed by atoms with E-state index in [9.17, 15) is 5.11 Å². The largest absolute Gasteiger partial charge is 0.493 e. The van der Waals surface area contributed by atoms with Gasteiger partial charge in [-0.1, -0.05) is 12.1 Å². The van der Waals surface area contributed by atoms with Crippen LogP contribution in [0.1, 0.15) is 0 Å². The zero-order valence-corrected chi connectivity index (χ0v) is 11.3. The molecule has 0 radical (unpaired) electrons. The molecule has 108 valence electrons. The Bertz CT molecular complexity index is 348. The molecule has 0 fully saturated rings. The first-order valence-electron chi connectivity index (χ1n) is 6.05. The maximum Gasteiger partial charge on any atom is 0.161 e. The standard InChI is InChI=1S/C13H21NO5/c1-16-7-8-19-14-9-11(15)10-18-13-6-4-3-5-12(13)17-2/h3-6,11,14-15H,7-10H2,1-2H3. The van der Waals surface area contributed by atoms with Crippen LogP contribution in [0.3, 0.4) is 0 Å². The van der Waals surface area contributed by atoms with E-state index in [-0.39, 0.29) is 13.2 Å². The molecule has 0 bridgehead atoms. The summed E-state index contributed by atoms with van der Waals surface area (Å²) in [5.74, 6) is 1.24. The van der Waals surface area contributed by atoms with Crippen LogP contribution in [0.4, 0.5) is 0 Å². The molecule has 0 spiro atoms. The zero-order valence-electron chi connectivity index (χ0n) is 11.3. The first-order valence-corrected chi connectivity index (χ1v) is 6.05. The summed E-state index contributed by atoms with van der Waals surface area (Å²) in [5.41, 5.74) is 2.64. The molecule has 0 amide bonds. The number of hydrogen-bond acceptors (Lipinski definition) is 6. The van der Waals surface area contributed by atoms with Gasteiger partial charge in [-0.2, -0.15) is 5.48 Å². The maximum atomic E-state index is 9.69. The van der Waals surface area contributed by atoms with Gasteiger partial charge in [0.15, 0.2) is 11.5 Å². The molecule has 1 rings (SSSR count). The van der Waals surface area contributed by atoms with Crippen molar-refractivity contribution in [2.45, 2.75) is 6.10 Å². The van der Waals surface area contributed by atoms with E-state index in [0.717, 1.165) is 0 Å². The summed E-state index contributed by atoms with van der Waals surface area (Å²) in [5, 5.41) is 9.69. The molecule has 0 saturated carbocycles. The first-order chi connectivity index (χ1) is 9.27. The topological polar surface area (TPSA) is 69.2 Å². The normalized spacial score (nSPS) is 12.2. The van der Waals surface area contributed by atoms with E-state index in [1.165, 1.54) is 0 Å². The van der Waals surface area contributed by atoms with Gasteiger partial charge in [-0.3, -0.25) is 4.84 Å². The van der Waals surface area contributed by atoms with E-state index in [0.29, 0.717) is 24.7 Å². The third kappa shape index (κ3) is 6.40. The van der Waals surface area contributed by atoms with Crippen LogP contribution in [0, 0.1) is 0 Å². The van der Waals surface area contributed by atoms with Gasteiger partial charge in [-0.25, -0.2) is 0 Å². The van der Waals surface area contributed by atoms with Gasteiger partial charge in [-0.05, 0) is 12.1 Å². The first kappa shape index (κ1) is 15.7. The van der Waals surface area contributed by atoms with Crippen molar-refractivity contribution < 1.29 is 24.2 Å². The van der Waals surface area contributed by atoms with Gasteiger partial charge < -0.3 is 19.3 Å². The Morgan fingerprint density at radius 3 is 2.58 bits per heavy atom. The van der Waals surface area contributed by atoms with Crippen LogP contribution >= 0.6 is 0 Å². The molecule has 1 aromatic carbocycles. The van der Waals surface area contributed by atoms with Crippen molar-refractivity contribution in [1.29, 1.82) is 0 Å². The lowest BCUT2D eigenvalue weighted by Crippen LogP contribution is -2.32. The summed E-state index contributed by atoms with van der Waals surface area (Å²) < 4.78 is 15.4. The number of ether oxygens (including phenoxy) is 3. The van der Waals surface area contributed by atoms with E-state index < -0.39 is 6.10 Å². The van der Waals surface area contributed by atoms with Crippen LogP contribution < -0.4 is 15.0 Å². The molecule has 6 heteroatoms. The molecule has 1 atom stereocenters. The minimum Gasteiger partial charge on any atom is -0.493 e. The molecule has 6 nitrogen and oxygen atoms in total. The van der Waals surface area contributed by atoms with Crippen LogP contribution in [-0.4, -0.2) is 51.8 Å². The second kappa shape index (κ2) is 9.57. The van der Waals surface area contributed by atoms with Gasteiger partial charge in [0, 0.05) is 7.11 Å². The Balaban J connectivity index is 2.20. The van der Waals surface area contributed by atoms with Crippen molar-refractivity contribution >= 4 is 0 Å². The van der Waals surface area contributed by atoms with E-state index in [2.05, 4.69) is 5.48 Å². The molecule has 0 aliphatic rings. The summed E-state index contributed by atoms with van der Waals surface area (Å²) in [6, 6.07) is 7.28. The third-order valence-electron chi connectivity index (χ3n) is 2.31. The van der Waals surface area contributed by atoms with Gasteiger partial charge in [0.25, 0.3) is 0 Å². The van der Waals surface area contributed by atoms with Crippen LogP contribution in [0.2, 0.25) is 0 Å². The van der Waals surface area contributed by atoms with Gasteiger partial charge in [0.05, 0.1) is 26.9 Å². The SMILES string of the molecule is COCCONCC(O)COc1ccccc1OC. The van der Waals surface area contributed by atoms with Gasteiger partial charge in [0.2, 0.25) is 0 Å². The Morgan fingerprint density at radius 2 is 1.89 bits per heavy atom. The number of hydrogen-bond donors (Lipinski definition) is 2. The van der Waals surface area contributed by atoms with Crippen LogP contribution in [0.5, 0.6) is 11.5 Å². The molecule has 0 saturated heterocycles. The quantitative estimate of drug-likeness (QED) is 0.480. The fourth-order valence-corrected chi connectivity index (χ4v) is 1.34. The van der Waals surface area contributed by atoms with Crippen LogP contribution in [0.15, 0.2) is 24.3 Å². The predicted octanol–water partition coefficient (Wildman–Crippen LogP) is 0.602. The molecular formula is C13H21NO5. The fraction of sp³-hybridized carbons (Fsp3) is 0.538. The summed E-state index contributed by atoms with van der Waals surface area (Å²) >= 11 is 0. The molecule has 0 aromatic heterocycles. The van der Waals surface area contributed by atoms with Gasteiger partial charge in [0.1, 0.15) is 12.7 Å². The number of hydroxylamine groups is 1. The number of benzene rings is 1. The Hall–Kier alpha value is -1.34. The minimum atomic E-state index is -0.674. The number of para-hydroxylation sites is 2. The molecule has 1 aromatic rings. The molecule has 0 heterocycles. The van der Waals surface area contributed by atoms with E-state index in [1.807, 2.05) is 12.1 Å². The number of rotatable bonds is 10.